The number of aliphatic hydroxyl groups is 2. The first-order chi connectivity index (χ1) is 7.03. The minimum atomic E-state index is -0.974. The molecular weight excluding hydrogens is 206 g/mol. The molecule has 1 amide bonds. The van der Waals surface area contributed by atoms with Crippen LogP contribution in [0.15, 0.2) is 0 Å². The summed E-state index contributed by atoms with van der Waals surface area (Å²) in [6, 6.07) is -0.297. The average molecular weight is 229 g/mol. The molecule has 1 fully saturated rings. The van der Waals surface area contributed by atoms with Crippen molar-refractivity contribution in [3.05, 3.63) is 0 Å². The molecule has 0 bridgehead atoms. The van der Waals surface area contributed by atoms with Crippen molar-refractivity contribution in [1.29, 1.82) is 0 Å². The topological polar surface area (TPSA) is 60.8 Å². The van der Waals surface area contributed by atoms with Crippen molar-refractivity contribution in [2.75, 3.05) is 6.54 Å². The number of aliphatic hydroxyl groups excluding tert-OH is 1. The molecular formula is C12H23NO3. The van der Waals surface area contributed by atoms with Gasteiger partial charge in [0.05, 0.1) is 17.7 Å². The van der Waals surface area contributed by atoms with Gasteiger partial charge in [0.1, 0.15) is 0 Å². The molecule has 0 saturated carbocycles. The lowest BCUT2D eigenvalue weighted by molar-refractivity contribution is -0.145. The van der Waals surface area contributed by atoms with Gasteiger partial charge in [0.2, 0.25) is 5.91 Å². The van der Waals surface area contributed by atoms with Crippen molar-refractivity contribution in [3.63, 3.8) is 0 Å². The summed E-state index contributed by atoms with van der Waals surface area (Å²) in [5.74, 6) is -0.0174. The molecule has 2 N–H and O–H groups in total. The Morgan fingerprint density at radius 2 is 1.75 bits per heavy atom. The minimum absolute atomic E-state index is 0.0174. The number of β-amino-alcohol motifs (C(OH)–C–C–N with tert-alkyl or cyclic N) is 1. The summed E-state index contributed by atoms with van der Waals surface area (Å²) in [7, 11) is 0. The number of likely N-dealkylation sites (tertiary alicyclic amines) is 1. The zero-order chi connectivity index (χ0) is 12.7. The average Bonchev–Trinajstić information content (AvgIpc) is 2.43. The highest BCUT2D eigenvalue weighted by atomic mass is 16.3. The summed E-state index contributed by atoms with van der Waals surface area (Å²) in [6.07, 6.45) is -0.0755. The van der Waals surface area contributed by atoms with Crippen LogP contribution in [-0.2, 0) is 4.79 Å². The molecule has 0 aromatic rings. The maximum absolute atomic E-state index is 12.2. The first-order valence-corrected chi connectivity index (χ1v) is 5.75. The molecule has 4 nitrogen and oxygen atoms in total. The zero-order valence-electron chi connectivity index (χ0n) is 10.8. The van der Waals surface area contributed by atoms with Crippen molar-refractivity contribution < 1.29 is 15.0 Å². The number of hydrogen-bond donors (Lipinski definition) is 2. The van der Waals surface area contributed by atoms with Crippen LogP contribution >= 0.6 is 0 Å². The van der Waals surface area contributed by atoms with E-state index in [1.54, 1.807) is 18.7 Å². The second-order valence-corrected chi connectivity index (χ2v) is 6.27. The molecule has 1 aliphatic rings. The minimum Gasteiger partial charge on any atom is -0.391 e. The SMILES string of the molecule is CC(C)(C)C(=O)N1C[C@H](O)C[C@H]1C(C)(C)O. The first-order valence-electron chi connectivity index (χ1n) is 5.75. The maximum atomic E-state index is 12.2. The van der Waals surface area contributed by atoms with Crippen LogP contribution in [0.25, 0.3) is 0 Å². The van der Waals surface area contributed by atoms with E-state index in [1.165, 1.54) is 0 Å². The molecule has 94 valence electrons. The second kappa shape index (κ2) is 4.00. The number of carbonyl (C=O) groups excluding carboxylic acids is 1. The summed E-state index contributed by atoms with van der Waals surface area (Å²) in [5, 5.41) is 19.7. The van der Waals surface area contributed by atoms with Gasteiger partial charge in [-0.05, 0) is 20.3 Å². The van der Waals surface area contributed by atoms with Gasteiger partial charge in [0.25, 0.3) is 0 Å². The molecule has 0 aromatic carbocycles. The Morgan fingerprint density at radius 3 is 2.12 bits per heavy atom. The van der Waals surface area contributed by atoms with Gasteiger partial charge in [0, 0.05) is 12.0 Å². The fraction of sp³-hybridized carbons (Fsp3) is 0.917. The number of hydrogen-bond acceptors (Lipinski definition) is 3. The molecule has 1 rings (SSSR count). The van der Waals surface area contributed by atoms with Gasteiger partial charge in [-0.15, -0.1) is 0 Å². The van der Waals surface area contributed by atoms with Gasteiger partial charge in [-0.3, -0.25) is 4.79 Å². The van der Waals surface area contributed by atoms with Crippen molar-refractivity contribution in [2.24, 2.45) is 5.41 Å². The third-order valence-electron chi connectivity index (χ3n) is 3.00. The largest absolute Gasteiger partial charge is 0.391 e. The van der Waals surface area contributed by atoms with E-state index in [2.05, 4.69) is 0 Å². The first kappa shape index (κ1) is 13.5. The van der Waals surface area contributed by atoms with Crippen LogP contribution in [0.2, 0.25) is 0 Å². The second-order valence-electron chi connectivity index (χ2n) is 6.27. The van der Waals surface area contributed by atoms with Crippen LogP contribution in [-0.4, -0.2) is 45.3 Å². The predicted molar refractivity (Wildman–Crippen MR) is 61.9 cm³/mol. The molecule has 1 heterocycles. The summed E-state index contributed by atoms with van der Waals surface area (Å²) in [6.45, 7) is 9.23. The fourth-order valence-electron chi connectivity index (χ4n) is 2.14. The molecule has 1 aliphatic heterocycles. The Hall–Kier alpha value is -0.610. The van der Waals surface area contributed by atoms with E-state index in [-0.39, 0.29) is 11.9 Å². The highest BCUT2D eigenvalue weighted by Gasteiger charge is 2.44. The van der Waals surface area contributed by atoms with E-state index in [0.29, 0.717) is 13.0 Å². The molecule has 4 heteroatoms. The lowest BCUT2D eigenvalue weighted by Crippen LogP contribution is -2.51. The smallest absolute Gasteiger partial charge is 0.228 e. The molecule has 0 aliphatic carbocycles. The van der Waals surface area contributed by atoms with Crippen LogP contribution in [0.5, 0.6) is 0 Å². The van der Waals surface area contributed by atoms with E-state index < -0.39 is 17.1 Å². The van der Waals surface area contributed by atoms with Crippen LogP contribution in [0.4, 0.5) is 0 Å². The Morgan fingerprint density at radius 1 is 1.25 bits per heavy atom. The number of nitrogens with zero attached hydrogens (tertiary/aromatic N) is 1. The summed E-state index contributed by atoms with van der Waals surface area (Å²) >= 11 is 0. The summed E-state index contributed by atoms with van der Waals surface area (Å²) < 4.78 is 0. The quantitative estimate of drug-likeness (QED) is 0.698. The molecule has 0 unspecified atom stereocenters. The number of rotatable bonds is 1. The van der Waals surface area contributed by atoms with E-state index in [9.17, 15) is 15.0 Å². The third-order valence-corrected chi connectivity index (χ3v) is 3.00. The van der Waals surface area contributed by atoms with Crippen molar-refractivity contribution >= 4 is 5.91 Å². The lowest BCUT2D eigenvalue weighted by Gasteiger charge is -2.36. The van der Waals surface area contributed by atoms with Crippen LogP contribution in [0.1, 0.15) is 41.0 Å². The van der Waals surface area contributed by atoms with E-state index >= 15 is 0 Å². The lowest BCUT2D eigenvalue weighted by atomic mass is 9.91. The van der Waals surface area contributed by atoms with E-state index in [0.717, 1.165) is 0 Å². The monoisotopic (exact) mass is 229 g/mol. The molecule has 1 saturated heterocycles. The Balaban J connectivity index is 2.91. The molecule has 0 spiro atoms. The maximum Gasteiger partial charge on any atom is 0.228 e. The Labute approximate surface area is 97.3 Å². The van der Waals surface area contributed by atoms with Crippen molar-refractivity contribution in [1.82, 2.24) is 4.90 Å². The van der Waals surface area contributed by atoms with Gasteiger partial charge < -0.3 is 15.1 Å². The molecule has 2 atom stereocenters. The highest BCUT2D eigenvalue weighted by Crippen LogP contribution is 2.31. The molecule has 0 radical (unpaired) electrons. The standard InChI is InChI=1S/C12H23NO3/c1-11(2,3)10(15)13-7-8(14)6-9(13)12(4,5)16/h8-9,14,16H,6-7H2,1-5H3/t8-,9+/m1/s1. The Bertz CT molecular complexity index is 275. The van der Waals surface area contributed by atoms with Crippen LogP contribution < -0.4 is 0 Å². The van der Waals surface area contributed by atoms with E-state index in [4.69, 9.17) is 0 Å². The van der Waals surface area contributed by atoms with Crippen molar-refractivity contribution in [3.8, 4) is 0 Å². The van der Waals surface area contributed by atoms with Gasteiger partial charge in [-0.1, -0.05) is 20.8 Å². The number of amides is 1. The normalized spacial score (nSPS) is 27.3. The fourth-order valence-corrected chi connectivity index (χ4v) is 2.14. The summed E-state index contributed by atoms with van der Waals surface area (Å²) in [5.41, 5.74) is -1.45. The molecule has 0 aromatic heterocycles. The highest BCUT2D eigenvalue weighted by molar-refractivity contribution is 5.82. The van der Waals surface area contributed by atoms with Gasteiger partial charge in [-0.2, -0.15) is 0 Å². The Kier molecular flexibility index (Phi) is 3.37. The van der Waals surface area contributed by atoms with Gasteiger partial charge in [0.15, 0.2) is 0 Å². The predicted octanol–water partition coefficient (Wildman–Crippen LogP) is 0.765. The van der Waals surface area contributed by atoms with Crippen LogP contribution in [0, 0.1) is 5.41 Å². The summed E-state index contributed by atoms with van der Waals surface area (Å²) in [4.78, 5) is 13.8. The zero-order valence-corrected chi connectivity index (χ0v) is 10.8. The number of carbonyl (C=O) groups is 1. The van der Waals surface area contributed by atoms with E-state index in [1.807, 2.05) is 20.8 Å². The van der Waals surface area contributed by atoms with Gasteiger partial charge >= 0.3 is 0 Å². The van der Waals surface area contributed by atoms with Crippen LogP contribution in [0.3, 0.4) is 0 Å². The molecule has 16 heavy (non-hydrogen) atoms. The van der Waals surface area contributed by atoms with Crippen molar-refractivity contribution in [2.45, 2.75) is 58.8 Å². The van der Waals surface area contributed by atoms with Gasteiger partial charge in [-0.25, -0.2) is 0 Å². The third kappa shape index (κ3) is 2.74.